The summed E-state index contributed by atoms with van der Waals surface area (Å²) >= 11 is 0. The molecule has 3 rings (SSSR count). The van der Waals surface area contributed by atoms with Crippen LogP contribution in [-0.4, -0.2) is 18.4 Å². The van der Waals surface area contributed by atoms with Gasteiger partial charge in [0.1, 0.15) is 0 Å². The highest BCUT2D eigenvalue weighted by Crippen LogP contribution is 2.24. The Morgan fingerprint density at radius 2 is 1.36 bits per heavy atom. The summed E-state index contributed by atoms with van der Waals surface area (Å²) in [5, 5.41) is 5.65. The van der Waals surface area contributed by atoms with Gasteiger partial charge in [-0.05, 0) is 42.2 Å². The van der Waals surface area contributed by atoms with Gasteiger partial charge < -0.3 is 10.6 Å². The Hall–Kier alpha value is -3.40. The molecule has 0 aliphatic carbocycles. The maximum Gasteiger partial charge on any atom is 0.243 e. The molecule has 0 unspecified atom stereocenters. The van der Waals surface area contributed by atoms with E-state index in [9.17, 15) is 9.59 Å². The first-order valence-corrected chi connectivity index (χ1v) is 9.30. The van der Waals surface area contributed by atoms with Crippen molar-refractivity contribution in [2.45, 2.75) is 19.8 Å². The monoisotopic (exact) mass is 372 g/mol. The maximum absolute atomic E-state index is 12.9. The SMILES string of the molecule is Cc1cccc(NC(=O)CNC(=O)C(c2ccccc2)c2ccccc2)c1C. The van der Waals surface area contributed by atoms with Crippen LogP contribution in [0.1, 0.15) is 28.2 Å². The van der Waals surface area contributed by atoms with Crippen LogP contribution in [0, 0.1) is 13.8 Å². The minimum absolute atomic E-state index is 0.0810. The Labute approximate surface area is 165 Å². The predicted octanol–water partition coefficient (Wildman–Crippen LogP) is 4.19. The minimum Gasteiger partial charge on any atom is -0.346 e. The van der Waals surface area contributed by atoms with Crippen molar-refractivity contribution in [2.24, 2.45) is 0 Å². The van der Waals surface area contributed by atoms with E-state index in [0.29, 0.717) is 0 Å². The second-order valence-electron chi connectivity index (χ2n) is 6.77. The van der Waals surface area contributed by atoms with Gasteiger partial charge in [-0.25, -0.2) is 0 Å². The summed E-state index contributed by atoms with van der Waals surface area (Å²) in [4.78, 5) is 25.3. The van der Waals surface area contributed by atoms with E-state index in [0.717, 1.165) is 27.9 Å². The average Bonchev–Trinajstić information content (AvgIpc) is 2.72. The largest absolute Gasteiger partial charge is 0.346 e. The molecule has 0 saturated carbocycles. The van der Waals surface area contributed by atoms with E-state index in [2.05, 4.69) is 10.6 Å². The molecule has 3 aromatic carbocycles. The molecule has 4 nitrogen and oxygen atoms in total. The van der Waals surface area contributed by atoms with Gasteiger partial charge >= 0.3 is 0 Å². The first kappa shape index (κ1) is 19.4. The summed E-state index contributed by atoms with van der Waals surface area (Å²) in [5.41, 5.74) is 4.67. The Morgan fingerprint density at radius 3 is 1.93 bits per heavy atom. The first-order valence-electron chi connectivity index (χ1n) is 9.30. The summed E-state index contributed by atoms with van der Waals surface area (Å²) in [6, 6.07) is 24.9. The molecule has 0 spiro atoms. The molecular formula is C24H24N2O2. The van der Waals surface area contributed by atoms with Crippen molar-refractivity contribution >= 4 is 17.5 Å². The van der Waals surface area contributed by atoms with E-state index < -0.39 is 5.92 Å². The van der Waals surface area contributed by atoms with Crippen LogP contribution in [0.5, 0.6) is 0 Å². The lowest BCUT2D eigenvalue weighted by Gasteiger charge is -2.18. The van der Waals surface area contributed by atoms with Gasteiger partial charge in [-0.3, -0.25) is 9.59 Å². The van der Waals surface area contributed by atoms with E-state index in [1.165, 1.54) is 0 Å². The third-order valence-corrected chi connectivity index (χ3v) is 4.83. The standard InChI is InChI=1S/C24H24N2O2/c1-17-10-9-15-21(18(17)2)26-22(27)16-25-24(28)23(19-11-5-3-6-12-19)20-13-7-4-8-14-20/h3-15,23H,16H2,1-2H3,(H,25,28)(H,26,27). The lowest BCUT2D eigenvalue weighted by atomic mass is 9.90. The van der Waals surface area contributed by atoms with Crippen LogP contribution in [0.3, 0.4) is 0 Å². The van der Waals surface area contributed by atoms with Crippen molar-refractivity contribution in [1.82, 2.24) is 5.32 Å². The van der Waals surface area contributed by atoms with E-state index in [1.54, 1.807) is 0 Å². The molecule has 0 heterocycles. The van der Waals surface area contributed by atoms with Crippen molar-refractivity contribution in [3.05, 3.63) is 101 Å². The van der Waals surface area contributed by atoms with Crippen LogP contribution in [0.25, 0.3) is 0 Å². The molecule has 0 aromatic heterocycles. The van der Waals surface area contributed by atoms with Crippen molar-refractivity contribution in [3.8, 4) is 0 Å². The molecular weight excluding hydrogens is 348 g/mol. The van der Waals surface area contributed by atoms with Crippen molar-refractivity contribution < 1.29 is 9.59 Å². The van der Waals surface area contributed by atoms with Gasteiger partial charge in [0.25, 0.3) is 0 Å². The summed E-state index contributed by atoms with van der Waals surface area (Å²) in [5.74, 6) is -0.911. The summed E-state index contributed by atoms with van der Waals surface area (Å²) in [7, 11) is 0. The lowest BCUT2D eigenvalue weighted by Crippen LogP contribution is -2.36. The maximum atomic E-state index is 12.9. The molecule has 0 saturated heterocycles. The topological polar surface area (TPSA) is 58.2 Å². The minimum atomic E-state index is -0.462. The van der Waals surface area contributed by atoms with Gasteiger partial charge in [0, 0.05) is 5.69 Å². The van der Waals surface area contributed by atoms with Gasteiger partial charge in [0.15, 0.2) is 0 Å². The Morgan fingerprint density at radius 1 is 0.786 bits per heavy atom. The number of benzene rings is 3. The molecule has 0 bridgehead atoms. The molecule has 0 aliphatic rings. The zero-order valence-electron chi connectivity index (χ0n) is 16.1. The van der Waals surface area contributed by atoms with Crippen LogP contribution < -0.4 is 10.6 Å². The Bertz CT molecular complexity index is 913. The number of hydrogen-bond acceptors (Lipinski definition) is 2. The molecule has 3 aromatic rings. The quantitative estimate of drug-likeness (QED) is 0.682. The lowest BCUT2D eigenvalue weighted by molar-refractivity contribution is -0.124. The van der Waals surface area contributed by atoms with Crippen LogP contribution in [0.15, 0.2) is 78.9 Å². The number of carbonyl (C=O) groups excluding carboxylic acids is 2. The van der Waals surface area contributed by atoms with Crippen LogP contribution in [0.2, 0.25) is 0 Å². The van der Waals surface area contributed by atoms with Crippen LogP contribution >= 0.6 is 0 Å². The number of hydrogen-bond donors (Lipinski definition) is 2. The Kier molecular flexibility index (Phi) is 6.22. The molecule has 4 heteroatoms. The van der Waals surface area contributed by atoms with Gasteiger partial charge in [-0.15, -0.1) is 0 Å². The summed E-state index contributed by atoms with van der Waals surface area (Å²) < 4.78 is 0. The van der Waals surface area contributed by atoms with E-state index >= 15 is 0 Å². The van der Waals surface area contributed by atoms with Crippen molar-refractivity contribution in [1.29, 1.82) is 0 Å². The number of aryl methyl sites for hydroxylation is 1. The molecule has 142 valence electrons. The molecule has 0 radical (unpaired) electrons. The summed E-state index contributed by atoms with van der Waals surface area (Å²) in [6.07, 6.45) is 0. The fourth-order valence-corrected chi connectivity index (χ4v) is 3.14. The van der Waals surface area contributed by atoms with Crippen LogP contribution in [-0.2, 0) is 9.59 Å². The highest BCUT2D eigenvalue weighted by atomic mass is 16.2. The third-order valence-electron chi connectivity index (χ3n) is 4.83. The second-order valence-corrected chi connectivity index (χ2v) is 6.77. The van der Waals surface area contributed by atoms with Crippen molar-refractivity contribution in [3.63, 3.8) is 0 Å². The molecule has 2 N–H and O–H groups in total. The van der Waals surface area contributed by atoms with E-state index in [4.69, 9.17) is 0 Å². The fourth-order valence-electron chi connectivity index (χ4n) is 3.14. The zero-order chi connectivity index (χ0) is 19.9. The number of rotatable bonds is 6. The zero-order valence-corrected chi connectivity index (χ0v) is 16.1. The van der Waals surface area contributed by atoms with Gasteiger partial charge in [0.05, 0.1) is 12.5 Å². The molecule has 0 aliphatic heterocycles. The number of carbonyl (C=O) groups is 2. The average molecular weight is 372 g/mol. The number of anilines is 1. The van der Waals surface area contributed by atoms with E-state index in [-0.39, 0.29) is 18.4 Å². The van der Waals surface area contributed by atoms with Crippen LogP contribution in [0.4, 0.5) is 5.69 Å². The third kappa shape index (κ3) is 4.65. The normalized spacial score (nSPS) is 10.5. The first-order chi connectivity index (χ1) is 13.6. The Balaban J connectivity index is 1.70. The molecule has 0 atom stereocenters. The molecule has 2 amide bonds. The van der Waals surface area contributed by atoms with Gasteiger partial charge in [-0.1, -0.05) is 72.8 Å². The predicted molar refractivity (Wildman–Crippen MR) is 112 cm³/mol. The number of nitrogens with one attached hydrogen (secondary N) is 2. The molecule has 0 fully saturated rings. The second kappa shape index (κ2) is 9.00. The highest BCUT2D eigenvalue weighted by Gasteiger charge is 2.22. The summed E-state index contributed by atoms with van der Waals surface area (Å²) in [6.45, 7) is 3.88. The molecule has 28 heavy (non-hydrogen) atoms. The van der Waals surface area contributed by atoms with Gasteiger partial charge in [0.2, 0.25) is 11.8 Å². The van der Waals surface area contributed by atoms with Crippen molar-refractivity contribution in [2.75, 3.05) is 11.9 Å². The highest BCUT2D eigenvalue weighted by molar-refractivity contribution is 5.96. The van der Waals surface area contributed by atoms with Gasteiger partial charge in [-0.2, -0.15) is 0 Å². The smallest absolute Gasteiger partial charge is 0.243 e. The van der Waals surface area contributed by atoms with E-state index in [1.807, 2.05) is 92.7 Å². The fraction of sp³-hybridized carbons (Fsp3) is 0.167. The number of amides is 2.